The third kappa shape index (κ3) is 8.31. The molecule has 1 saturated heterocycles. The highest BCUT2D eigenvalue weighted by Crippen LogP contribution is 2.49. The highest BCUT2D eigenvalue weighted by atomic mass is 32.2. The summed E-state index contributed by atoms with van der Waals surface area (Å²) in [6, 6.07) is 15.8. The van der Waals surface area contributed by atoms with Crippen molar-refractivity contribution in [3.8, 4) is 0 Å². The fourth-order valence-electron chi connectivity index (χ4n) is 3.97. The number of nitrogens with zero attached hydrogens (tertiary/aromatic N) is 3. The van der Waals surface area contributed by atoms with Crippen LogP contribution in [0.1, 0.15) is 13.3 Å². The number of carboxylic acids is 2. The van der Waals surface area contributed by atoms with Gasteiger partial charge in [0.1, 0.15) is 0 Å². The number of piperazine rings is 1. The van der Waals surface area contributed by atoms with Gasteiger partial charge in [0.25, 0.3) is 0 Å². The highest BCUT2D eigenvalue weighted by molar-refractivity contribution is 8.00. The first-order chi connectivity index (χ1) is 16.9. The SMILES string of the molecule is CCSc1ccc2c(c1)N(CCCN1CCN(C)CC1)c1ccccc1S2.O=C(O)C=CC(=O)O. The summed E-state index contributed by atoms with van der Waals surface area (Å²) < 4.78 is 0. The van der Waals surface area contributed by atoms with E-state index in [0.717, 1.165) is 12.3 Å². The van der Waals surface area contributed by atoms with Crippen molar-refractivity contribution in [3.05, 3.63) is 54.6 Å². The molecule has 0 saturated carbocycles. The number of hydrogen-bond donors (Lipinski definition) is 2. The van der Waals surface area contributed by atoms with Crippen molar-refractivity contribution >= 4 is 46.8 Å². The minimum absolute atomic E-state index is 0.558. The molecule has 2 heterocycles. The Morgan fingerprint density at radius 3 is 2.26 bits per heavy atom. The van der Waals surface area contributed by atoms with Crippen LogP contribution in [-0.2, 0) is 9.59 Å². The number of benzene rings is 2. The van der Waals surface area contributed by atoms with Crippen LogP contribution in [0.15, 0.2) is 69.3 Å². The Labute approximate surface area is 215 Å². The third-order valence-electron chi connectivity index (χ3n) is 5.73. The van der Waals surface area contributed by atoms with Gasteiger partial charge in [-0.3, -0.25) is 0 Å². The Bertz CT molecular complexity index is 1020. The number of rotatable bonds is 8. The molecule has 7 nitrogen and oxygen atoms in total. The largest absolute Gasteiger partial charge is 0.478 e. The minimum Gasteiger partial charge on any atom is -0.478 e. The summed E-state index contributed by atoms with van der Waals surface area (Å²) in [5.74, 6) is -1.40. The van der Waals surface area contributed by atoms with Crippen molar-refractivity contribution in [1.29, 1.82) is 0 Å². The van der Waals surface area contributed by atoms with E-state index >= 15 is 0 Å². The molecule has 0 amide bonds. The third-order valence-corrected chi connectivity index (χ3v) is 7.73. The van der Waals surface area contributed by atoms with E-state index in [1.165, 1.54) is 65.2 Å². The standard InChI is InChI=1S/C22H29N3S2.C4H4O4/c1-3-26-18-9-10-22-20(17-18)25(19-7-4-5-8-21(19)27-22)12-6-11-24-15-13-23(2)14-16-24;5-3(6)1-2-4(7)8/h4-5,7-10,17H,3,6,11-16H2,1-2H3;1-2H,(H,5,6)(H,7,8). The summed E-state index contributed by atoms with van der Waals surface area (Å²) >= 11 is 3.84. The van der Waals surface area contributed by atoms with Gasteiger partial charge in [0.15, 0.2) is 0 Å². The molecule has 0 aliphatic carbocycles. The first-order valence-corrected chi connectivity index (χ1v) is 13.5. The molecule has 0 radical (unpaired) electrons. The highest BCUT2D eigenvalue weighted by Gasteiger charge is 2.23. The van der Waals surface area contributed by atoms with Crippen LogP contribution in [0, 0.1) is 0 Å². The van der Waals surface area contributed by atoms with Gasteiger partial charge in [0.05, 0.1) is 11.4 Å². The molecule has 0 unspecified atom stereocenters. The molecular weight excluding hydrogens is 482 g/mol. The minimum atomic E-state index is -1.26. The van der Waals surface area contributed by atoms with Crippen LogP contribution in [0.4, 0.5) is 11.4 Å². The van der Waals surface area contributed by atoms with E-state index in [1.54, 1.807) is 0 Å². The van der Waals surface area contributed by atoms with E-state index < -0.39 is 11.9 Å². The Morgan fingerprint density at radius 2 is 1.60 bits per heavy atom. The lowest BCUT2D eigenvalue weighted by molar-refractivity contribution is -0.134. The van der Waals surface area contributed by atoms with Gasteiger partial charge in [0, 0.05) is 59.6 Å². The fraction of sp³-hybridized carbons (Fsp3) is 0.385. The summed E-state index contributed by atoms with van der Waals surface area (Å²) in [6.07, 6.45) is 2.32. The smallest absolute Gasteiger partial charge is 0.328 e. The van der Waals surface area contributed by atoms with Crippen molar-refractivity contribution in [2.75, 3.05) is 57.0 Å². The van der Waals surface area contributed by atoms with E-state index in [0.29, 0.717) is 12.2 Å². The molecule has 35 heavy (non-hydrogen) atoms. The number of hydrogen-bond acceptors (Lipinski definition) is 7. The Kier molecular flexibility index (Phi) is 10.5. The van der Waals surface area contributed by atoms with Crippen LogP contribution in [0.5, 0.6) is 0 Å². The maximum atomic E-state index is 9.55. The zero-order valence-corrected chi connectivity index (χ0v) is 21.9. The van der Waals surface area contributed by atoms with Gasteiger partial charge in [-0.05, 0) is 56.1 Å². The number of thioether (sulfide) groups is 1. The molecule has 0 spiro atoms. The van der Waals surface area contributed by atoms with Crippen molar-refractivity contribution in [2.45, 2.75) is 28.0 Å². The van der Waals surface area contributed by atoms with Gasteiger partial charge >= 0.3 is 11.9 Å². The summed E-state index contributed by atoms with van der Waals surface area (Å²) in [6.45, 7) is 9.30. The maximum Gasteiger partial charge on any atom is 0.328 e. The number of carboxylic acid groups (broad SMARTS) is 2. The number of para-hydroxylation sites is 1. The lowest BCUT2D eigenvalue weighted by Gasteiger charge is -2.35. The van der Waals surface area contributed by atoms with Crippen LogP contribution in [0.2, 0.25) is 0 Å². The normalized spacial score (nSPS) is 15.8. The lowest BCUT2D eigenvalue weighted by Crippen LogP contribution is -2.45. The molecule has 2 aliphatic rings. The first kappa shape index (κ1) is 27.1. The molecule has 0 aromatic heterocycles. The Balaban J connectivity index is 0.000000371. The number of carbonyl (C=O) groups is 2. The molecule has 1 fully saturated rings. The predicted octanol–water partition coefficient (Wildman–Crippen LogP) is 4.75. The van der Waals surface area contributed by atoms with Crippen LogP contribution in [0.3, 0.4) is 0 Å². The summed E-state index contributed by atoms with van der Waals surface area (Å²) in [7, 11) is 2.22. The summed E-state index contributed by atoms with van der Waals surface area (Å²) in [5, 5.41) is 15.6. The van der Waals surface area contributed by atoms with E-state index in [-0.39, 0.29) is 0 Å². The Hall–Kier alpha value is -2.46. The predicted molar refractivity (Wildman–Crippen MR) is 143 cm³/mol. The molecule has 2 N–H and O–H groups in total. The van der Waals surface area contributed by atoms with Crippen molar-refractivity contribution in [3.63, 3.8) is 0 Å². The van der Waals surface area contributed by atoms with Crippen molar-refractivity contribution in [2.24, 2.45) is 0 Å². The van der Waals surface area contributed by atoms with Crippen LogP contribution in [0.25, 0.3) is 0 Å². The molecule has 0 bridgehead atoms. The topological polar surface area (TPSA) is 84.3 Å². The molecule has 0 atom stereocenters. The molecule has 2 aromatic carbocycles. The van der Waals surface area contributed by atoms with Gasteiger partial charge in [-0.25, -0.2) is 9.59 Å². The average molecular weight is 516 g/mol. The maximum absolute atomic E-state index is 9.55. The Morgan fingerprint density at radius 1 is 0.943 bits per heavy atom. The molecule has 4 rings (SSSR count). The average Bonchev–Trinajstić information content (AvgIpc) is 2.84. The second-order valence-corrected chi connectivity index (χ2v) is 10.7. The molecule has 2 aromatic rings. The van der Waals surface area contributed by atoms with Crippen LogP contribution >= 0.6 is 23.5 Å². The fourth-order valence-corrected chi connectivity index (χ4v) is 5.74. The van der Waals surface area contributed by atoms with Gasteiger partial charge in [-0.15, -0.1) is 11.8 Å². The van der Waals surface area contributed by atoms with Crippen LogP contribution in [-0.4, -0.2) is 84.0 Å². The summed E-state index contributed by atoms with van der Waals surface area (Å²) in [4.78, 5) is 30.8. The number of likely N-dealkylation sites (N-methyl/N-ethyl adjacent to an activating group) is 1. The van der Waals surface area contributed by atoms with E-state index in [9.17, 15) is 9.59 Å². The van der Waals surface area contributed by atoms with Gasteiger partial charge in [-0.2, -0.15) is 0 Å². The lowest BCUT2D eigenvalue weighted by atomic mass is 10.2. The zero-order valence-electron chi connectivity index (χ0n) is 20.2. The van der Waals surface area contributed by atoms with E-state index in [4.69, 9.17) is 10.2 Å². The van der Waals surface area contributed by atoms with Crippen molar-refractivity contribution < 1.29 is 19.8 Å². The second kappa shape index (κ2) is 13.6. The molecule has 188 valence electrons. The van der Waals surface area contributed by atoms with Gasteiger partial charge < -0.3 is 24.9 Å². The quantitative estimate of drug-likeness (QED) is 0.382. The molecule has 2 aliphatic heterocycles. The zero-order chi connectivity index (χ0) is 25.2. The number of aliphatic carboxylic acids is 2. The first-order valence-electron chi connectivity index (χ1n) is 11.7. The second-order valence-electron chi connectivity index (χ2n) is 8.29. The van der Waals surface area contributed by atoms with E-state index in [1.807, 2.05) is 23.5 Å². The monoisotopic (exact) mass is 515 g/mol. The van der Waals surface area contributed by atoms with Gasteiger partial charge in [0.2, 0.25) is 0 Å². The van der Waals surface area contributed by atoms with Crippen molar-refractivity contribution in [1.82, 2.24) is 9.80 Å². The van der Waals surface area contributed by atoms with E-state index in [2.05, 4.69) is 71.1 Å². The number of fused-ring (bicyclic) bond motifs is 2. The molecular formula is C26H33N3O4S2. The van der Waals surface area contributed by atoms with Crippen LogP contribution < -0.4 is 4.90 Å². The number of anilines is 2. The molecule has 9 heteroatoms. The summed E-state index contributed by atoms with van der Waals surface area (Å²) in [5.41, 5.74) is 2.75. The van der Waals surface area contributed by atoms with Gasteiger partial charge in [-0.1, -0.05) is 30.8 Å².